The summed E-state index contributed by atoms with van der Waals surface area (Å²) in [4.78, 5) is 40.8. The Bertz CT molecular complexity index is 1470. The number of anilines is 1. The molecular formula is C27H21ClF6N2O5. The molecule has 0 spiro atoms. The number of nitrogens with zero attached hydrogens (tertiary/aromatic N) is 2. The maximum atomic E-state index is 13.6. The second kappa shape index (κ2) is 11.6. The molecule has 218 valence electrons. The van der Waals surface area contributed by atoms with Gasteiger partial charge in [-0.15, -0.1) is 13.2 Å². The highest BCUT2D eigenvalue weighted by Crippen LogP contribution is 2.39. The van der Waals surface area contributed by atoms with Crippen molar-refractivity contribution >= 4 is 29.0 Å². The number of pyridine rings is 1. The minimum atomic E-state index is -4.97. The average Bonchev–Trinajstić information content (AvgIpc) is 3.20. The van der Waals surface area contributed by atoms with Crippen molar-refractivity contribution < 1.29 is 45.8 Å². The van der Waals surface area contributed by atoms with Crippen LogP contribution in [0.1, 0.15) is 28.3 Å². The molecule has 2 aromatic carbocycles. The van der Waals surface area contributed by atoms with Crippen LogP contribution in [0.5, 0.6) is 5.75 Å². The molecule has 0 bridgehead atoms. The predicted octanol–water partition coefficient (Wildman–Crippen LogP) is 5.34. The van der Waals surface area contributed by atoms with Crippen molar-refractivity contribution in [3.8, 4) is 5.75 Å². The summed E-state index contributed by atoms with van der Waals surface area (Å²) >= 11 is 5.98. The van der Waals surface area contributed by atoms with Gasteiger partial charge in [-0.25, -0.2) is 0 Å². The van der Waals surface area contributed by atoms with Crippen molar-refractivity contribution in [2.24, 2.45) is 5.92 Å². The zero-order valence-electron chi connectivity index (χ0n) is 20.8. The Morgan fingerprint density at radius 3 is 2.22 bits per heavy atom. The van der Waals surface area contributed by atoms with Gasteiger partial charge in [-0.05, 0) is 54.1 Å². The summed E-state index contributed by atoms with van der Waals surface area (Å²) in [7, 11) is 0. The van der Waals surface area contributed by atoms with Gasteiger partial charge in [-0.2, -0.15) is 13.2 Å². The van der Waals surface area contributed by atoms with E-state index in [1.54, 1.807) is 24.3 Å². The van der Waals surface area contributed by atoms with Crippen molar-refractivity contribution in [1.82, 2.24) is 4.57 Å². The topological polar surface area (TPSA) is 88.8 Å². The van der Waals surface area contributed by atoms with E-state index in [9.17, 15) is 45.8 Å². The molecule has 14 heteroatoms. The molecule has 0 radical (unpaired) electrons. The normalized spacial score (nSPS) is 18.4. The number of halogens is 7. The average molecular weight is 603 g/mol. The van der Waals surface area contributed by atoms with E-state index in [4.69, 9.17) is 11.6 Å². The molecule has 1 aliphatic heterocycles. The Labute approximate surface area is 233 Å². The number of benzene rings is 2. The number of amides is 1. The fourth-order valence-corrected chi connectivity index (χ4v) is 4.73. The fourth-order valence-electron chi connectivity index (χ4n) is 4.60. The number of ether oxygens (including phenoxy) is 1. The second-order valence-electron chi connectivity index (χ2n) is 9.32. The Morgan fingerprint density at radius 1 is 1.00 bits per heavy atom. The lowest BCUT2D eigenvalue weighted by molar-refractivity contribution is -0.274. The molecule has 1 saturated heterocycles. The minimum absolute atomic E-state index is 0.0174. The van der Waals surface area contributed by atoms with Gasteiger partial charge < -0.3 is 19.3 Å². The molecule has 1 N–H and O–H groups in total. The second-order valence-corrected chi connectivity index (χ2v) is 9.76. The van der Waals surface area contributed by atoms with Gasteiger partial charge in [0.25, 0.3) is 5.56 Å². The molecule has 1 unspecified atom stereocenters. The van der Waals surface area contributed by atoms with E-state index in [1.807, 2.05) is 0 Å². The summed E-state index contributed by atoms with van der Waals surface area (Å²) < 4.78 is 80.5. The molecule has 2 heterocycles. The van der Waals surface area contributed by atoms with Crippen molar-refractivity contribution in [1.29, 1.82) is 0 Å². The zero-order chi connectivity index (χ0) is 30.1. The number of carbonyl (C=O) groups is 2. The van der Waals surface area contributed by atoms with Crippen molar-refractivity contribution in [3.05, 3.63) is 93.4 Å². The Balaban J connectivity index is 1.63. The Hall–Kier alpha value is -3.84. The largest absolute Gasteiger partial charge is 0.573 e. The third-order valence-electron chi connectivity index (χ3n) is 6.60. The molecule has 1 fully saturated rings. The number of hydrogen-bond acceptors (Lipinski definition) is 5. The molecule has 41 heavy (non-hydrogen) atoms. The lowest BCUT2D eigenvalue weighted by Gasteiger charge is -2.19. The number of aliphatic hydroxyl groups is 1. The van der Waals surface area contributed by atoms with Crippen LogP contribution < -0.4 is 15.2 Å². The minimum Gasteiger partial charge on any atom is -0.406 e. The first-order chi connectivity index (χ1) is 19.1. The molecule has 0 aliphatic carbocycles. The van der Waals surface area contributed by atoms with Crippen LogP contribution in [0, 0.1) is 5.92 Å². The van der Waals surface area contributed by atoms with Crippen LogP contribution in [0.2, 0.25) is 5.02 Å². The summed E-state index contributed by atoms with van der Waals surface area (Å²) in [5.74, 6) is -3.43. The Kier molecular flexibility index (Phi) is 8.50. The molecule has 3 aromatic rings. The number of ketones is 1. The van der Waals surface area contributed by atoms with Gasteiger partial charge in [-0.1, -0.05) is 23.7 Å². The first-order valence-electron chi connectivity index (χ1n) is 12.0. The number of Topliss-reactive ketones (excluding diaryl/α,β-unsaturated/α-hetero) is 1. The van der Waals surface area contributed by atoms with Crippen molar-refractivity contribution in [2.45, 2.75) is 37.5 Å². The number of aliphatic hydroxyl groups excluding tert-OH is 1. The molecule has 1 amide bonds. The van der Waals surface area contributed by atoms with E-state index < -0.39 is 60.0 Å². The van der Waals surface area contributed by atoms with Gasteiger partial charge in [0.2, 0.25) is 5.91 Å². The summed E-state index contributed by atoms with van der Waals surface area (Å²) in [6, 6.07) is 13.1. The van der Waals surface area contributed by atoms with Crippen LogP contribution >= 0.6 is 11.6 Å². The highest BCUT2D eigenvalue weighted by molar-refractivity contribution is 6.30. The smallest absolute Gasteiger partial charge is 0.406 e. The summed E-state index contributed by atoms with van der Waals surface area (Å²) in [5.41, 5.74) is -0.578. The number of hydrogen-bond donors (Lipinski definition) is 1. The standard InChI is InChI=1S/C27H21ClF6N2O5/c28-17-7-3-15(4-8-17)20-13-36(21-2-1-11-35(25(21)40)14-23(38)26(29,30)31)24(39)19(20)12-22(37)16-5-9-18(10-6-16)41-27(32,33)34/h1-11,19-20,23,38H,12-14H2/t19-,20-,23?/m0/s1. The summed E-state index contributed by atoms with van der Waals surface area (Å²) in [6.07, 6.45) is -12.0. The number of aromatic nitrogens is 1. The monoisotopic (exact) mass is 602 g/mol. The van der Waals surface area contributed by atoms with Crippen LogP contribution in [0.15, 0.2) is 71.7 Å². The maximum Gasteiger partial charge on any atom is 0.573 e. The highest BCUT2D eigenvalue weighted by atomic mass is 35.5. The van der Waals surface area contributed by atoms with E-state index in [2.05, 4.69) is 4.74 Å². The number of alkyl halides is 6. The third-order valence-corrected chi connectivity index (χ3v) is 6.85. The van der Waals surface area contributed by atoms with Crippen molar-refractivity contribution in [2.75, 3.05) is 11.4 Å². The highest BCUT2D eigenvalue weighted by Gasteiger charge is 2.44. The summed E-state index contributed by atoms with van der Waals surface area (Å²) in [5, 5.41) is 9.83. The quantitative estimate of drug-likeness (QED) is 0.278. The zero-order valence-corrected chi connectivity index (χ0v) is 21.6. The summed E-state index contributed by atoms with van der Waals surface area (Å²) in [6.45, 7) is -1.19. The van der Waals surface area contributed by atoms with E-state index >= 15 is 0 Å². The number of carbonyl (C=O) groups excluding carboxylic acids is 2. The fraction of sp³-hybridized carbons (Fsp3) is 0.296. The van der Waals surface area contributed by atoms with Gasteiger partial charge in [-0.3, -0.25) is 14.4 Å². The van der Waals surface area contributed by atoms with Crippen molar-refractivity contribution in [3.63, 3.8) is 0 Å². The first-order valence-corrected chi connectivity index (χ1v) is 12.4. The molecular weight excluding hydrogens is 582 g/mol. The lowest BCUT2D eigenvalue weighted by Crippen LogP contribution is -2.39. The Morgan fingerprint density at radius 2 is 1.63 bits per heavy atom. The molecule has 3 atom stereocenters. The predicted molar refractivity (Wildman–Crippen MR) is 135 cm³/mol. The third kappa shape index (κ3) is 7.09. The van der Waals surface area contributed by atoms with Gasteiger partial charge in [0.15, 0.2) is 11.9 Å². The number of rotatable bonds is 8. The van der Waals surface area contributed by atoms with Crippen LogP contribution in [0.3, 0.4) is 0 Å². The first kappa shape index (κ1) is 30.1. The molecule has 1 aromatic heterocycles. The van der Waals surface area contributed by atoms with Crippen LogP contribution in [0.25, 0.3) is 0 Å². The molecule has 4 rings (SSSR count). The van der Waals surface area contributed by atoms with Gasteiger partial charge in [0.1, 0.15) is 11.4 Å². The molecule has 1 aliphatic rings. The maximum absolute atomic E-state index is 13.6. The molecule has 7 nitrogen and oxygen atoms in total. The van der Waals surface area contributed by atoms with Gasteiger partial charge in [0, 0.05) is 35.7 Å². The van der Waals surface area contributed by atoms with E-state index in [-0.39, 0.29) is 24.2 Å². The van der Waals surface area contributed by atoms with E-state index in [0.29, 0.717) is 15.2 Å². The lowest BCUT2D eigenvalue weighted by atomic mass is 9.84. The van der Waals surface area contributed by atoms with Crippen LogP contribution in [0.4, 0.5) is 32.0 Å². The SMILES string of the molecule is O=C(C[C@@H]1C(=O)N(c2cccn(CC(O)C(F)(F)F)c2=O)C[C@H]1c1ccc(Cl)cc1)c1ccc(OC(F)(F)F)cc1. The van der Waals surface area contributed by atoms with Gasteiger partial charge in [0.05, 0.1) is 12.5 Å². The van der Waals surface area contributed by atoms with Crippen LogP contribution in [-0.4, -0.2) is 46.6 Å². The molecule has 0 saturated carbocycles. The van der Waals surface area contributed by atoms with Crippen LogP contribution in [-0.2, 0) is 11.3 Å². The van der Waals surface area contributed by atoms with E-state index in [0.717, 1.165) is 35.4 Å². The van der Waals surface area contributed by atoms with Gasteiger partial charge >= 0.3 is 12.5 Å². The van der Waals surface area contributed by atoms with E-state index in [1.165, 1.54) is 12.1 Å².